The van der Waals surface area contributed by atoms with Crippen molar-refractivity contribution in [1.82, 2.24) is 0 Å². The lowest BCUT2D eigenvalue weighted by Gasteiger charge is -2.10. The third-order valence-corrected chi connectivity index (χ3v) is 25.7. The fraction of sp³-hybridized carbons (Fsp3) is 0.395. The van der Waals surface area contributed by atoms with E-state index in [0.717, 1.165) is 106 Å². The number of unbranched alkanes of at least 4 members (excludes halogenated alkanes) is 21. The van der Waals surface area contributed by atoms with Crippen LogP contribution in [0.15, 0.2) is 251 Å². The Balaban J connectivity index is 0.000000276. The number of hydrogen-bond acceptors (Lipinski definition) is 21. The molecule has 0 radical (unpaired) electrons. The number of ether oxygens (including phenoxy) is 9. The minimum atomic E-state index is -0.472. The summed E-state index contributed by atoms with van der Waals surface area (Å²) < 4.78 is 48.6. The summed E-state index contributed by atoms with van der Waals surface area (Å²) in [7, 11) is 0. The largest absolute Gasteiger partial charge is 0.462 e. The zero-order chi connectivity index (χ0) is 97.3. The second-order valence-corrected chi connectivity index (χ2v) is 37.2. The van der Waals surface area contributed by atoms with Gasteiger partial charge in [0.05, 0.1) is 53.2 Å². The molecule has 0 aliphatic rings. The van der Waals surface area contributed by atoms with Crippen LogP contribution < -0.4 is 28.4 Å². The number of hydrogen-bond donors (Lipinski definition) is 0. The van der Waals surface area contributed by atoms with Crippen molar-refractivity contribution >= 4 is 89.0 Å². The Morgan fingerprint density at radius 1 is 0.237 bits per heavy atom. The summed E-state index contributed by atoms with van der Waals surface area (Å²) in [4.78, 5) is 114. The van der Waals surface area contributed by atoms with Crippen molar-refractivity contribution in [1.29, 1.82) is 0 Å². The molecule has 0 saturated carbocycles. The Bertz CT molecular complexity index is 5210. The van der Waals surface area contributed by atoms with Crippen molar-refractivity contribution in [3.8, 4) is 34.5 Å². The molecule has 9 rings (SSSR count). The number of carbonyl (C=O) groups excluding carboxylic acids is 9. The quantitative estimate of drug-likeness (QED) is 0.00860. The molecule has 0 unspecified atom stereocenters. The van der Waals surface area contributed by atoms with E-state index in [0.29, 0.717) is 104 Å². The van der Waals surface area contributed by atoms with Crippen LogP contribution in [-0.4, -0.2) is 90.8 Å². The first-order chi connectivity index (χ1) is 65.3. The average Bonchev–Trinajstić information content (AvgIpc) is 0.843. The molecule has 0 aliphatic heterocycles. The molecular formula is C114H138O18S3. The van der Waals surface area contributed by atoms with Crippen LogP contribution >= 0.6 is 35.3 Å². The maximum atomic E-state index is 12.8. The molecule has 0 aromatic heterocycles. The van der Waals surface area contributed by atoms with Gasteiger partial charge in [-0.05, 0) is 333 Å². The van der Waals surface area contributed by atoms with E-state index >= 15 is 0 Å². The molecule has 0 saturated heterocycles. The number of carbonyl (C=O) groups is 9. The Kier molecular flexibility index (Phi) is 52.1. The smallest absolute Gasteiger partial charge is 0.343 e. The van der Waals surface area contributed by atoms with Crippen LogP contribution in [0.1, 0.15) is 310 Å². The molecule has 0 atom stereocenters. The predicted molar refractivity (Wildman–Crippen MR) is 544 cm³/mol. The fourth-order valence-electron chi connectivity index (χ4n) is 13.8. The second-order valence-electron chi connectivity index (χ2n) is 33.8. The van der Waals surface area contributed by atoms with Crippen LogP contribution in [0, 0.1) is 20.8 Å². The number of esters is 9. The fourth-order valence-corrected chi connectivity index (χ4v) is 16.9. The van der Waals surface area contributed by atoms with E-state index in [1.54, 1.807) is 147 Å². The molecule has 0 amide bonds. The SMILES string of the molecule is C=C(C)C(=O)OCCCCSc1ccc(C(=O)Oc2ccc(C(=O)Oc3ccc(CCCCCCCC)cc3)cc2)cc1C.C=C(C)C(=O)OCCCCSc1ccc(C(=O)Oc2ccc(C(=O)Oc3ccc(CCCCCCCCC)cc3)cc2)cc1C.C=C(C)C(=O)OCCCCSc1ccc(C(=O)Oc2ccc(C(=O)Oc3ccc(CCCCCCCCCC)cc3)cc2)cc1C. The van der Waals surface area contributed by atoms with Crippen LogP contribution in [0.3, 0.4) is 0 Å². The van der Waals surface area contributed by atoms with Gasteiger partial charge in [-0.1, -0.05) is 192 Å². The molecule has 135 heavy (non-hydrogen) atoms. The standard InChI is InChI=1S/C39H48O6S.C38H46O6S.C37H44O6S/c1-5-6-7-8-9-10-11-12-15-31-16-21-34(22-17-31)44-38(41)32-18-23-35(24-19-32)45-39(42)33-20-25-36(30(4)28-33)46-27-14-13-26-43-37(40)29(2)3;1-5-6-7-8-9-10-11-14-30-15-20-33(21-16-30)43-37(40)31-17-22-34(23-18-31)44-38(41)32-19-24-35(29(4)27-32)45-26-13-12-25-42-36(39)28(2)3;1-5-6-7-8-9-10-13-29-14-19-32(20-15-29)42-36(39)30-16-21-33(22-17-30)43-37(40)31-18-23-34(28(4)26-31)44-25-12-11-24-41-35(38)27(2)3/h16-25,28H,2,5-15,26-27H2,1,3-4H3;15-24,27H,2,5-14,25-26H2,1,3-4H3;14-23,26H,2,5-13,24-25H2,1,3-4H3. The summed E-state index contributed by atoms with van der Waals surface area (Å²) in [6.07, 6.45) is 35.0. The van der Waals surface area contributed by atoms with Gasteiger partial charge in [-0.15, -0.1) is 35.3 Å². The van der Waals surface area contributed by atoms with E-state index < -0.39 is 35.8 Å². The van der Waals surface area contributed by atoms with Gasteiger partial charge in [-0.25, -0.2) is 43.2 Å². The molecule has 0 aliphatic carbocycles. The van der Waals surface area contributed by atoms with E-state index in [4.69, 9.17) is 42.6 Å². The molecule has 9 aromatic carbocycles. The van der Waals surface area contributed by atoms with Gasteiger partial charge in [0.15, 0.2) is 0 Å². The minimum absolute atomic E-state index is 0.342. The highest BCUT2D eigenvalue weighted by atomic mass is 32.2. The third kappa shape index (κ3) is 43.8. The first-order valence-corrected chi connectivity index (χ1v) is 50.8. The molecule has 0 spiro atoms. The van der Waals surface area contributed by atoms with Crippen LogP contribution in [0.2, 0.25) is 0 Å². The normalized spacial score (nSPS) is 10.7. The molecule has 0 bridgehead atoms. The van der Waals surface area contributed by atoms with E-state index in [1.165, 1.54) is 152 Å². The van der Waals surface area contributed by atoms with Gasteiger partial charge >= 0.3 is 53.7 Å². The van der Waals surface area contributed by atoms with E-state index in [1.807, 2.05) is 130 Å². The summed E-state index contributed by atoms with van der Waals surface area (Å²) in [5, 5.41) is 0. The van der Waals surface area contributed by atoms with Gasteiger partial charge in [-0.2, -0.15) is 0 Å². The minimum Gasteiger partial charge on any atom is -0.462 e. The molecule has 0 N–H and O–H groups in total. The lowest BCUT2D eigenvalue weighted by Crippen LogP contribution is -2.10. The average molecular weight is 1890 g/mol. The number of aryl methyl sites for hydroxylation is 6. The molecular weight excluding hydrogens is 1750 g/mol. The Hall–Kier alpha value is -11.5. The number of rotatable bonds is 57. The summed E-state index contributed by atoms with van der Waals surface area (Å²) in [6.45, 7) is 29.3. The maximum absolute atomic E-state index is 12.8. The molecule has 720 valence electrons. The van der Waals surface area contributed by atoms with Gasteiger partial charge < -0.3 is 42.6 Å². The predicted octanol–water partition coefficient (Wildman–Crippen LogP) is 29.2. The van der Waals surface area contributed by atoms with Crippen molar-refractivity contribution in [3.05, 3.63) is 303 Å². The molecule has 0 fully saturated rings. The van der Waals surface area contributed by atoms with Crippen molar-refractivity contribution in [3.63, 3.8) is 0 Å². The topological polar surface area (TPSA) is 237 Å². The molecule has 0 heterocycles. The summed E-state index contributed by atoms with van der Waals surface area (Å²) in [5.74, 6) is 1.25. The van der Waals surface area contributed by atoms with Gasteiger partial charge in [0.2, 0.25) is 0 Å². The van der Waals surface area contributed by atoms with Crippen molar-refractivity contribution in [2.45, 2.75) is 270 Å². The lowest BCUT2D eigenvalue weighted by molar-refractivity contribution is -0.139. The van der Waals surface area contributed by atoms with Crippen LogP contribution in [-0.2, 0) is 47.9 Å². The molecule has 9 aromatic rings. The highest BCUT2D eigenvalue weighted by molar-refractivity contribution is 7.99. The van der Waals surface area contributed by atoms with Gasteiger partial charge in [0, 0.05) is 31.4 Å². The zero-order valence-corrected chi connectivity index (χ0v) is 83.2. The monoisotopic (exact) mass is 1890 g/mol. The molecule has 18 nitrogen and oxygen atoms in total. The summed E-state index contributed by atoms with van der Waals surface area (Å²) in [5.41, 5.74) is 10.3. The van der Waals surface area contributed by atoms with Crippen molar-refractivity contribution < 1.29 is 85.8 Å². The zero-order valence-electron chi connectivity index (χ0n) is 80.7. The summed E-state index contributed by atoms with van der Waals surface area (Å²) in [6, 6.07) is 58.6. The lowest BCUT2D eigenvalue weighted by atomic mass is 10.0. The van der Waals surface area contributed by atoms with Gasteiger partial charge in [-0.3, -0.25) is 0 Å². The van der Waals surface area contributed by atoms with E-state index in [9.17, 15) is 43.2 Å². The van der Waals surface area contributed by atoms with Crippen molar-refractivity contribution in [2.75, 3.05) is 37.1 Å². The van der Waals surface area contributed by atoms with Gasteiger partial charge in [0.25, 0.3) is 0 Å². The van der Waals surface area contributed by atoms with E-state index in [-0.39, 0.29) is 17.9 Å². The Morgan fingerprint density at radius 2 is 0.430 bits per heavy atom. The maximum Gasteiger partial charge on any atom is 0.343 e. The highest BCUT2D eigenvalue weighted by Gasteiger charge is 2.20. The van der Waals surface area contributed by atoms with Crippen molar-refractivity contribution in [2.24, 2.45) is 0 Å². The first-order valence-electron chi connectivity index (χ1n) is 47.9. The number of thioether (sulfide) groups is 3. The van der Waals surface area contributed by atoms with Gasteiger partial charge in [0.1, 0.15) is 34.5 Å². The number of benzene rings is 9. The Morgan fingerprint density at radius 3 is 0.637 bits per heavy atom. The van der Waals surface area contributed by atoms with E-state index in [2.05, 4.69) is 40.5 Å². The van der Waals surface area contributed by atoms with Crippen LogP contribution in [0.25, 0.3) is 0 Å². The highest BCUT2D eigenvalue weighted by Crippen LogP contribution is 2.31. The van der Waals surface area contributed by atoms with Crippen LogP contribution in [0.4, 0.5) is 0 Å². The summed E-state index contributed by atoms with van der Waals surface area (Å²) >= 11 is 5.08. The third-order valence-electron chi connectivity index (χ3n) is 21.9. The Labute approximate surface area is 814 Å². The first kappa shape index (κ1) is 110. The molecule has 21 heteroatoms. The second kappa shape index (κ2) is 63.7. The van der Waals surface area contributed by atoms with Crippen LogP contribution in [0.5, 0.6) is 34.5 Å².